The molecule has 2 aromatic rings. The van der Waals surface area contributed by atoms with Gasteiger partial charge in [-0.05, 0) is 19.1 Å². The molecule has 1 N–H and O–H groups in total. The summed E-state index contributed by atoms with van der Waals surface area (Å²) in [5.41, 5.74) is 2.07. The van der Waals surface area contributed by atoms with Crippen LogP contribution in [0, 0.1) is 0 Å². The number of nitrogens with zero attached hydrogens (tertiary/aromatic N) is 3. The van der Waals surface area contributed by atoms with Crippen molar-refractivity contribution in [3.63, 3.8) is 0 Å². The minimum Gasteiger partial charge on any atom is -0.326 e. The van der Waals surface area contributed by atoms with Gasteiger partial charge in [0, 0.05) is 32.7 Å². The molecule has 1 aliphatic rings. The third-order valence-electron chi connectivity index (χ3n) is 3.69. The first-order valence-electron chi connectivity index (χ1n) is 6.86. The lowest BCUT2D eigenvalue weighted by atomic mass is 10.3. The molecule has 1 fully saturated rings. The SMILES string of the molecule is CCn1c(CN2CCNCC2)nc2cccc(Cl)c21. The minimum absolute atomic E-state index is 0.790. The van der Waals surface area contributed by atoms with E-state index in [2.05, 4.69) is 21.7 Å². The number of aryl methyl sites for hydroxylation is 1. The number of halogens is 1. The van der Waals surface area contributed by atoms with Gasteiger partial charge >= 0.3 is 0 Å². The third kappa shape index (κ3) is 2.48. The second-order valence-electron chi connectivity index (χ2n) is 4.91. The van der Waals surface area contributed by atoms with Crippen molar-refractivity contribution in [1.29, 1.82) is 0 Å². The van der Waals surface area contributed by atoms with Gasteiger partial charge in [0.05, 0.1) is 22.6 Å². The van der Waals surface area contributed by atoms with Crippen LogP contribution in [0.2, 0.25) is 5.02 Å². The molecule has 1 aromatic carbocycles. The molecule has 0 amide bonds. The summed E-state index contributed by atoms with van der Waals surface area (Å²) in [6.45, 7) is 8.25. The molecule has 102 valence electrons. The first-order chi connectivity index (χ1) is 9.29. The number of para-hydroxylation sites is 1. The molecule has 3 rings (SSSR count). The summed E-state index contributed by atoms with van der Waals surface area (Å²) in [5, 5.41) is 4.17. The van der Waals surface area contributed by atoms with Gasteiger partial charge in [-0.15, -0.1) is 0 Å². The number of benzene rings is 1. The van der Waals surface area contributed by atoms with Crippen molar-refractivity contribution in [1.82, 2.24) is 19.8 Å². The number of nitrogens with one attached hydrogen (secondary N) is 1. The maximum atomic E-state index is 6.31. The zero-order valence-electron chi connectivity index (χ0n) is 11.2. The molecular formula is C14H19ClN4. The molecule has 0 spiro atoms. The molecule has 1 aromatic heterocycles. The number of hydrogen-bond donors (Lipinski definition) is 1. The van der Waals surface area contributed by atoms with Gasteiger partial charge in [0.1, 0.15) is 5.82 Å². The van der Waals surface area contributed by atoms with E-state index in [0.717, 1.165) is 61.1 Å². The highest BCUT2D eigenvalue weighted by molar-refractivity contribution is 6.35. The van der Waals surface area contributed by atoms with Gasteiger partial charge in [0.15, 0.2) is 0 Å². The van der Waals surface area contributed by atoms with Crippen LogP contribution in [0.25, 0.3) is 11.0 Å². The van der Waals surface area contributed by atoms with E-state index in [-0.39, 0.29) is 0 Å². The van der Waals surface area contributed by atoms with E-state index in [1.54, 1.807) is 0 Å². The lowest BCUT2D eigenvalue weighted by Crippen LogP contribution is -2.43. The fourth-order valence-electron chi connectivity index (χ4n) is 2.72. The summed E-state index contributed by atoms with van der Waals surface area (Å²) in [5.74, 6) is 1.12. The Morgan fingerprint density at radius 2 is 2.11 bits per heavy atom. The lowest BCUT2D eigenvalue weighted by Gasteiger charge is -2.26. The van der Waals surface area contributed by atoms with E-state index in [1.807, 2.05) is 18.2 Å². The molecule has 1 saturated heterocycles. The highest BCUT2D eigenvalue weighted by Crippen LogP contribution is 2.25. The Hall–Kier alpha value is -1.10. The number of fused-ring (bicyclic) bond motifs is 1. The van der Waals surface area contributed by atoms with Gasteiger partial charge in [0.2, 0.25) is 0 Å². The number of aromatic nitrogens is 2. The van der Waals surface area contributed by atoms with Crippen LogP contribution in [0.1, 0.15) is 12.7 Å². The summed E-state index contributed by atoms with van der Waals surface area (Å²) < 4.78 is 2.24. The molecule has 0 unspecified atom stereocenters. The molecular weight excluding hydrogens is 260 g/mol. The topological polar surface area (TPSA) is 33.1 Å². The number of rotatable bonds is 3. The summed E-state index contributed by atoms with van der Waals surface area (Å²) in [6, 6.07) is 5.94. The van der Waals surface area contributed by atoms with Crippen molar-refractivity contribution in [2.45, 2.75) is 20.0 Å². The van der Waals surface area contributed by atoms with Crippen LogP contribution >= 0.6 is 11.6 Å². The minimum atomic E-state index is 0.790. The number of imidazole rings is 1. The van der Waals surface area contributed by atoms with Crippen LogP contribution < -0.4 is 5.32 Å². The van der Waals surface area contributed by atoms with Crippen molar-refractivity contribution in [3.8, 4) is 0 Å². The van der Waals surface area contributed by atoms with Crippen molar-refractivity contribution in [2.75, 3.05) is 26.2 Å². The van der Waals surface area contributed by atoms with E-state index in [4.69, 9.17) is 16.6 Å². The molecule has 4 nitrogen and oxygen atoms in total. The molecule has 0 aliphatic carbocycles. The number of piperazine rings is 1. The summed E-state index contributed by atoms with van der Waals surface area (Å²) in [7, 11) is 0. The molecule has 2 heterocycles. The summed E-state index contributed by atoms with van der Waals surface area (Å²) >= 11 is 6.31. The van der Waals surface area contributed by atoms with Gasteiger partial charge in [-0.25, -0.2) is 4.98 Å². The van der Waals surface area contributed by atoms with Gasteiger partial charge in [-0.2, -0.15) is 0 Å². The molecule has 1 aliphatic heterocycles. The van der Waals surface area contributed by atoms with Crippen LogP contribution in [-0.4, -0.2) is 40.6 Å². The van der Waals surface area contributed by atoms with E-state index >= 15 is 0 Å². The second-order valence-corrected chi connectivity index (χ2v) is 5.31. The fourth-order valence-corrected chi connectivity index (χ4v) is 2.99. The van der Waals surface area contributed by atoms with Crippen molar-refractivity contribution in [2.24, 2.45) is 0 Å². The van der Waals surface area contributed by atoms with E-state index in [1.165, 1.54) is 0 Å². The normalized spacial score (nSPS) is 17.2. The van der Waals surface area contributed by atoms with Crippen LogP contribution in [0.4, 0.5) is 0 Å². The van der Waals surface area contributed by atoms with E-state index < -0.39 is 0 Å². The predicted molar refractivity (Wildman–Crippen MR) is 78.6 cm³/mol. The quantitative estimate of drug-likeness (QED) is 0.934. The molecule has 19 heavy (non-hydrogen) atoms. The van der Waals surface area contributed by atoms with Crippen LogP contribution in [-0.2, 0) is 13.1 Å². The van der Waals surface area contributed by atoms with Gasteiger partial charge in [-0.3, -0.25) is 4.90 Å². The Morgan fingerprint density at radius 1 is 1.32 bits per heavy atom. The molecule has 0 saturated carbocycles. The monoisotopic (exact) mass is 278 g/mol. The van der Waals surface area contributed by atoms with E-state index in [0.29, 0.717) is 0 Å². The Labute approximate surface area is 118 Å². The molecule has 0 bridgehead atoms. The first kappa shape index (κ1) is 12.9. The second kappa shape index (κ2) is 5.49. The Bertz CT molecular complexity index is 572. The van der Waals surface area contributed by atoms with Crippen LogP contribution in [0.5, 0.6) is 0 Å². The van der Waals surface area contributed by atoms with Gasteiger partial charge in [-0.1, -0.05) is 17.7 Å². The summed E-state index contributed by atoms with van der Waals surface area (Å²) in [4.78, 5) is 7.20. The fraction of sp³-hybridized carbons (Fsp3) is 0.500. The maximum Gasteiger partial charge on any atom is 0.124 e. The van der Waals surface area contributed by atoms with E-state index in [9.17, 15) is 0 Å². The first-order valence-corrected chi connectivity index (χ1v) is 7.24. The zero-order valence-corrected chi connectivity index (χ0v) is 12.0. The van der Waals surface area contributed by atoms with Crippen LogP contribution in [0.3, 0.4) is 0 Å². The Kier molecular flexibility index (Phi) is 3.73. The predicted octanol–water partition coefficient (Wildman–Crippen LogP) is 2.11. The molecule has 5 heteroatoms. The van der Waals surface area contributed by atoms with Crippen LogP contribution in [0.15, 0.2) is 18.2 Å². The number of hydrogen-bond acceptors (Lipinski definition) is 3. The average Bonchev–Trinajstić information content (AvgIpc) is 2.78. The third-order valence-corrected chi connectivity index (χ3v) is 3.99. The highest BCUT2D eigenvalue weighted by atomic mass is 35.5. The maximum absolute atomic E-state index is 6.31. The zero-order chi connectivity index (χ0) is 13.2. The largest absolute Gasteiger partial charge is 0.326 e. The van der Waals surface area contributed by atoms with Gasteiger partial charge < -0.3 is 9.88 Å². The van der Waals surface area contributed by atoms with Crippen molar-refractivity contribution >= 4 is 22.6 Å². The standard InChI is InChI=1S/C14H19ClN4/c1-2-19-13(10-18-8-6-16-7-9-18)17-12-5-3-4-11(15)14(12)19/h3-5,16H,2,6-10H2,1H3. The molecule has 0 atom stereocenters. The Balaban J connectivity index is 1.96. The Morgan fingerprint density at radius 3 is 2.84 bits per heavy atom. The average molecular weight is 279 g/mol. The van der Waals surface area contributed by atoms with Crippen molar-refractivity contribution in [3.05, 3.63) is 29.0 Å². The highest BCUT2D eigenvalue weighted by Gasteiger charge is 2.16. The van der Waals surface area contributed by atoms with Gasteiger partial charge in [0.25, 0.3) is 0 Å². The summed E-state index contributed by atoms with van der Waals surface area (Å²) in [6.07, 6.45) is 0. The molecule has 0 radical (unpaired) electrons. The smallest absolute Gasteiger partial charge is 0.124 e. The van der Waals surface area contributed by atoms with Crippen molar-refractivity contribution < 1.29 is 0 Å². The lowest BCUT2D eigenvalue weighted by molar-refractivity contribution is 0.225.